The second-order valence-electron chi connectivity index (χ2n) is 5.69. The molecule has 4 heteroatoms. The zero-order valence-corrected chi connectivity index (χ0v) is 11.5. The van der Waals surface area contributed by atoms with Crippen molar-refractivity contribution in [2.75, 3.05) is 18.4 Å². The van der Waals surface area contributed by atoms with Crippen molar-refractivity contribution >= 4 is 16.5 Å². The molecule has 0 bridgehead atoms. The van der Waals surface area contributed by atoms with Gasteiger partial charge in [0.05, 0.1) is 5.69 Å². The number of thiazole rings is 1. The van der Waals surface area contributed by atoms with Gasteiger partial charge in [-0.05, 0) is 18.8 Å². The second kappa shape index (κ2) is 4.58. The summed E-state index contributed by atoms with van der Waals surface area (Å²) < 4.78 is 0. The van der Waals surface area contributed by atoms with E-state index in [2.05, 4.69) is 24.1 Å². The number of aromatic nitrogens is 1. The molecule has 3 nitrogen and oxygen atoms in total. The molecule has 0 radical (unpaired) electrons. The van der Waals surface area contributed by atoms with Crippen LogP contribution in [-0.2, 0) is 13.0 Å². The first kappa shape index (κ1) is 11.5. The van der Waals surface area contributed by atoms with E-state index >= 15 is 0 Å². The Morgan fingerprint density at radius 3 is 3.00 bits per heavy atom. The smallest absolute Gasteiger partial charge is 0.183 e. The van der Waals surface area contributed by atoms with Crippen LogP contribution >= 0.6 is 11.3 Å². The molecule has 1 aromatic heterocycles. The lowest BCUT2D eigenvalue weighted by molar-refractivity contribution is 0.228. The van der Waals surface area contributed by atoms with E-state index in [1.54, 1.807) is 0 Å². The van der Waals surface area contributed by atoms with Gasteiger partial charge in [-0.1, -0.05) is 13.8 Å². The topological polar surface area (TPSA) is 28.2 Å². The normalized spacial score (nSPS) is 20.6. The third kappa shape index (κ3) is 2.80. The van der Waals surface area contributed by atoms with Crippen molar-refractivity contribution in [3.8, 4) is 0 Å². The van der Waals surface area contributed by atoms with Gasteiger partial charge in [0, 0.05) is 37.0 Å². The fourth-order valence-electron chi connectivity index (χ4n) is 2.38. The van der Waals surface area contributed by atoms with Crippen molar-refractivity contribution in [3.63, 3.8) is 0 Å². The molecule has 0 spiro atoms. The lowest BCUT2D eigenvalue weighted by atomic mass is 10.1. The number of nitrogens with one attached hydrogen (secondary N) is 1. The highest BCUT2D eigenvalue weighted by Crippen LogP contribution is 2.32. The first-order chi connectivity index (χ1) is 8.20. The summed E-state index contributed by atoms with van der Waals surface area (Å²) >= 11 is 1.87. The van der Waals surface area contributed by atoms with Crippen molar-refractivity contribution in [1.82, 2.24) is 9.88 Å². The van der Waals surface area contributed by atoms with Gasteiger partial charge >= 0.3 is 0 Å². The highest BCUT2D eigenvalue weighted by Gasteiger charge is 2.25. The molecule has 1 N–H and O–H groups in total. The van der Waals surface area contributed by atoms with Gasteiger partial charge in [0.1, 0.15) is 0 Å². The minimum Gasteiger partial charge on any atom is -0.359 e. The summed E-state index contributed by atoms with van der Waals surface area (Å²) in [4.78, 5) is 8.77. The summed E-state index contributed by atoms with van der Waals surface area (Å²) in [5, 5.41) is 4.67. The Bertz CT molecular complexity index is 395. The van der Waals surface area contributed by atoms with E-state index in [-0.39, 0.29) is 0 Å². The van der Waals surface area contributed by atoms with Crippen LogP contribution in [-0.4, -0.2) is 29.0 Å². The van der Waals surface area contributed by atoms with Crippen molar-refractivity contribution in [2.45, 2.75) is 45.7 Å². The molecule has 0 atom stereocenters. The third-order valence-electron chi connectivity index (χ3n) is 3.34. The Kier molecular flexibility index (Phi) is 3.09. The Labute approximate surface area is 107 Å². The predicted octanol–water partition coefficient (Wildman–Crippen LogP) is 2.73. The van der Waals surface area contributed by atoms with Crippen LogP contribution in [0.5, 0.6) is 0 Å². The highest BCUT2D eigenvalue weighted by atomic mass is 32.1. The fraction of sp³-hybridized carbons (Fsp3) is 0.769. The van der Waals surface area contributed by atoms with E-state index in [1.807, 2.05) is 11.3 Å². The number of rotatable bonds is 4. The molecule has 0 aromatic carbocycles. The average Bonchev–Trinajstić information content (AvgIpc) is 2.95. The summed E-state index contributed by atoms with van der Waals surface area (Å²) in [5.41, 5.74) is 1.35. The molecule has 1 fully saturated rings. The van der Waals surface area contributed by atoms with Gasteiger partial charge in [-0.25, -0.2) is 4.98 Å². The van der Waals surface area contributed by atoms with Crippen LogP contribution in [0.1, 0.15) is 37.3 Å². The molecular formula is C13H21N3S. The van der Waals surface area contributed by atoms with Gasteiger partial charge in [0.25, 0.3) is 0 Å². The monoisotopic (exact) mass is 251 g/mol. The Balaban J connectivity index is 1.66. The zero-order valence-electron chi connectivity index (χ0n) is 10.7. The molecule has 1 saturated carbocycles. The quantitative estimate of drug-likeness (QED) is 0.892. The number of anilines is 1. The van der Waals surface area contributed by atoms with Crippen molar-refractivity contribution in [1.29, 1.82) is 0 Å². The van der Waals surface area contributed by atoms with Crippen LogP contribution in [0.4, 0.5) is 5.13 Å². The molecule has 0 unspecified atom stereocenters. The van der Waals surface area contributed by atoms with Gasteiger partial charge in [-0.15, -0.1) is 11.3 Å². The van der Waals surface area contributed by atoms with Crippen LogP contribution in [0, 0.1) is 5.92 Å². The molecule has 17 heavy (non-hydrogen) atoms. The summed E-state index contributed by atoms with van der Waals surface area (Å²) in [6, 6.07) is 0.717. The molecule has 1 aromatic rings. The molecule has 1 aliphatic carbocycles. The molecule has 1 aliphatic heterocycles. The van der Waals surface area contributed by atoms with Gasteiger partial charge in [0.2, 0.25) is 0 Å². The van der Waals surface area contributed by atoms with Gasteiger partial charge in [0.15, 0.2) is 5.13 Å². The van der Waals surface area contributed by atoms with Crippen LogP contribution in [0.25, 0.3) is 0 Å². The van der Waals surface area contributed by atoms with Crippen molar-refractivity contribution < 1.29 is 0 Å². The Morgan fingerprint density at radius 2 is 2.29 bits per heavy atom. The predicted molar refractivity (Wildman–Crippen MR) is 72.6 cm³/mol. The molecule has 0 saturated heterocycles. The number of hydrogen-bond donors (Lipinski definition) is 1. The number of hydrogen-bond acceptors (Lipinski definition) is 4. The summed E-state index contributed by atoms with van der Waals surface area (Å²) in [7, 11) is 0. The SMILES string of the molecule is CC(C)CN1CCc2nc(NC3CC3)sc2C1. The van der Waals surface area contributed by atoms with Crippen molar-refractivity contribution in [2.24, 2.45) is 5.92 Å². The van der Waals surface area contributed by atoms with E-state index in [1.165, 1.54) is 36.5 Å². The molecule has 2 aliphatic rings. The maximum Gasteiger partial charge on any atom is 0.183 e. The van der Waals surface area contributed by atoms with E-state index in [4.69, 9.17) is 4.98 Å². The largest absolute Gasteiger partial charge is 0.359 e. The third-order valence-corrected chi connectivity index (χ3v) is 4.35. The maximum absolute atomic E-state index is 4.73. The summed E-state index contributed by atoms with van der Waals surface area (Å²) in [6.45, 7) is 8.09. The summed E-state index contributed by atoms with van der Waals surface area (Å²) in [5.74, 6) is 0.758. The standard InChI is InChI=1S/C13H21N3S/c1-9(2)7-16-6-5-11-12(8-16)17-13(15-11)14-10-3-4-10/h9-10H,3-8H2,1-2H3,(H,14,15). The highest BCUT2D eigenvalue weighted by molar-refractivity contribution is 7.15. The minimum atomic E-state index is 0.717. The van der Waals surface area contributed by atoms with Crippen LogP contribution in [0.3, 0.4) is 0 Å². The number of nitrogens with zero attached hydrogens (tertiary/aromatic N) is 2. The molecule has 0 amide bonds. The first-order valence-electron chi connectivity index (χ1n) is 6.68. The average molecular weight is 251 g/mol. The van der Waals surface area contributed by atoms with E-state index in [0.29, 0.717) is 0 Å². The van der Waals surface area contributed by atoms with E-state index < -0.39 is 0 Å². The number of fused-ring (bicyclic) bond motifs is 1. The lowest BCUT2D eigenvalue weighted by Gasteiger charge is -2.27. The maximum atomic E-state index is 4.73. The lowest BCUT2D eigenvalue weighted by Crippen LogP contribution is -2.32. The first-order valence-corrected chi connectivity index (χ1v) is 7.50. The molecule has 2 heterocycles. The minimum absolute atomic E-state index is 0.717. The molecule has 3 rings (SSSR count). The Hall–Kier alpha value is -0.610. The van der Waals surface area contributed by atoms with Gasteiger partial charge in [-0.2, -0.15) is 0 Å². The van der Waals surface area contributed by atoms with Crippen LogP contribution < -0.4 is 5.32 Å². The van der Waals surface area contributed by atoms with Crippen LogP contribution in [0.2, 0.25) is 0 Å². The Morgan fingerprint density at radius 1 is 1.47 bits per heavy atom. The second-order valence-corrected chi connectivity index (χ2v) is 6.77. The van der Waals surface area contributed by atoms with Gasteiger partial charge in [-0.3, -0.25) is 4.90 Å². The zero-order chi connectivity index (χ0) is 11.8. The van der Waals surface area contributed by atoms with E-state index in [9.17, 15) is 0 Å². The van der Waals surface area contributed by atoms with E-state index in [0.717, 1.165) is 30.1 Å². The van der Waals surface area contributed by atoms with Crippen molar-refractivity contribution in [3.05, 3.63) is 10.6 Å². The summed E-state index contributed by atoms with van der Waals surface area (Å²) in [6.07, 6.45) is 3.78. The van der Waals surface area contributed by atoms with Crippen LogP contribution in [0.15, 0.2) is 0 Å². The molecule has 94 valence electrons. The van der Waals surface area contributed by atoms with Gasteiger partial charge < -0.3 is 5.32 Å². The fourth-order valence-corrected chi connectivity index (χ4v) is 3.51. The molecular weight excluding hydrogens is 230 g/mol.